The summed E-state index contributed by atoms with van der Waals surface area (Å²) in [4.78, 5) is 14.4. The van der Waals surface area contributed by atoms with Crippen LogP contribution in [0.4, 0.5) is 4.79 Å². The fourth-order valence-electron chi connectivity index (χ4n) is 3.89. The smallest absolute Gasteiger partial charge is 0.410 e. The molecule has 3 fully saturated rings. The Labute approximate surface area is 121 Å². The van der Waals surface area contributed by atoms with Crippen molar-refractivity contribution in [1.29, 1.82) is 0 Å². The third kappa shape index (κ3) is 2.66. The average molecular weight is 282 g/mol. The summed E-state index contributed by atoms with van der Waals surface area (Å²) >= 11 is 0. The summed E-state index contributed by atoms with van der Waals surface area (Å²) in [5.41, 5.74) is -0.475. The number of fused-ring (bicyclic) bond motifs is 2. The molecule has 114 valence electrons. The first-order valence-corrected chi connectivity index (χ1v) is 7.75. The second-order valence-corrected chi connectivity index (χ2v) is 7.39. The number of piperidine rings is 1. The van der Waals surface area contributed by atoms with Crippen LogP contribution in [0.15, 0.2) is 0 Å². The van der Waals surface area contributed by atoms with E-state index < -0.39 is 5.60 Å². The highest BCUT2D eigenvalue weighted by molar-refractivity contribution is 5.69. The highest BCUT2D eigenvalue weighted by atomic mass is 16.6. The lowest BCUT2D eigenvalue weighted by molar-refractivity contribution is -0.116. The van der Waals surface area contributed by atoms with E-state index >= 15 is 0 Å². The quantitative estimate of drug-likeness (QED) is 0.737. The second-order valence-electron chi connectivity index (χ2n) is 7.39. The lowest BCUT2D eigenvalue weighted by Gasteiger charge is -2.48. The molecule has 0 aromatic rings. The third-order valence-corrected chi connectivity index (χ3v) is 4.57. The summed E-state index contributed by atoms with van der Waals surface area (Å²) in [6.07, 6.45) is 3.89. The van der Waals surface area contributed by atoms with Crippen LogP contribution in [0.2, 0.25) is 0 Å². The Morgan fingerprint density at radius 2 is 1.95 bits per heavy atom. The van der Waals surface area contributed by atoms with Gasteiger partial charge < -0.3 is 19.7 Å². The summed E-state index contributed by atoms with van der Waals surface area (Å²) < 4.78 is 11.6. The molecule has 0 aromatic heterocycles. The van der Waals surface area contributed by atoms with E-state index in [9.17, 15) is 4.79 Å². The van der Waals surface area contributed by atoms with Gasteiger partial charge in [0.2, 0.25) is 0 Å². The van der Waals surface area contributed by atoms with E-state index in [1.807, 2.05) is 25.7 Å². The fourth-order valence-corrected chi connectivity index (χ4v) is 3.89. The van der Waals surface area contributed by atoms with Crippen LogP contribution in [0.3, 0.4) is 0 Å². The molecule has 3 rings (SSSR count). The number of morpholine rings is 1. The molecule has 0 aliphatic carbocycles. The third-order valence-electron chi connectivity index (χ3n) is 4.57. The zero-order valence-corrected chi connectivity index (χ0v) is 12.8. The summed E-state index contributed by atoms with van der Waals surface area (Å²) in [7, 11) is 0. The number of nitrogens with one attached hydrogen (secondary N) is 1. The Balaban J connectivity index is 1.70. The average Bonchev–Trinajstić information content (AvgIpc) is 2.62. The summed E-state index contributed by atoms with van der Waals surface area (Å²) in [5, 5.41) is 3.44. The summed E-state index contributed by atoms with van der Waals surface area (Å²) in [6, 6.07) is 0.562. The van der Waals surface area contributed by atoms with Gasteiger partial charge in [-0.15, -0.1) is 0 Å². The number of rotatable bonds is 0. The van der Waals surface area contributed by atoms with Crippen LogP contribution >= 0.6 is 0 Å². The Hall–Kier alpha value is -0.810. The number of carbonyl (C=O) groups is 1. The molecule has 0 aromatic carbocycles. The highest BCUT2D eigenvalue weighted by Crippen LogP contribution is 2.43. The molecule has 2 unspecified atom stereocenters. The molecule has 1 spiro atoms. The molecule has 0 radical (unpaired) electrons. The number of carbonyl (C=O) groups excluding carboxylic acids is 1. The number of amides is 1. The largest absolute Gasteiger partial charge is 0.444 e. The van der Waals surface area contributed by atoms with Gasteiger partial charge in [0.25, 0.3) is 0 Å². The van der Waals surface area contributed by atoms with Crippen LogP contribution in [0.5, 0.6) is 0 Å². The zero-order valence-electron chi connectivity index (χ0n) is 12.8. The normalized spacial score (nSPS) is 37.2. The van der Waals surface area contributed by atoms with Crippen LogP contribution in [0.25, 0.3) is 0 Å². The van der Waals surface area contributed by atoms with Crippen molar-refractivity contribution in [2.75, 3.05) is 19.7 Å². The van der Waals surface area contributed by atoms with Gasteiger partial charge in [-0.1, -0.05) is 0 Å². The van der Waals surface area contributed by atoms with Gasteiger partial charge in [-0.05, 0) is 46.5 Å². The Kier molecular flexibility index (Phi) is 3.45. The maximum absolute atomic E-state index is 12.4. The molecular formula is C15H26N2O3. The minimum atomic E-state index is -0.422. The molecule has 1 amide bonds. The predicted octanol–water partition coefficient (Wildman–Crippen LogP) is 1.91. The van der Waals surface area contributed by atoms with Gasteiger partial charge in [-0.3, -0.25) is 0 Å². The van der Waals surface area contributed by atoms with E-state index in [4.69, 9.17) is 9.47 Å². The molecule has 3 saturated heterocycles. The minimum absolute atomic E-state index is 0.0530. The molecule has 3 aliphatic heterocycles. The fraction of sp³-hybridized carbons (Fsp3) is 0.933. The van der Waals surface area contributed by atoms with Gasteiger partial charge in [0.1, 0.15) is 5.60 Å². The predicted molar refractivity (Wildman–Crippen MR) is 75.7 cm³/mol. The van der Waals surface area contributed by atoms with Crippen molar-refractivity contribution >= 4 is 6.09 Å². The van der Waals surface area contributed by atoms with E-state index in [1.165, 1.54) is 0 Å². The second kappa shape index (κ2) is 4.88. The molecule has 2 bridgehead atoms. The molecule has 3 heterocycles. The van der Waals surface area contributed by atoms with E-state index in [0.717, 1.165) is 45.4 Å². The van der Waals surface area contributed by atoms with E-state index in [2.05, 4.69) is 5.32 Å². The van der Waals surface area contributed by atoms with Gasteiger partial charge >= 0.3 is 6.09 Å². The van der Waals surface area contributed by atoms with Gasteiger partial charge in [-0.25, -0.2) is 4.79 Å². The van der Waals surface area contributed by atoms with Gasteiger partial charge in [0, 0.05) is 25.2 Å². The molecule has 3 aliphatic rings. The van der Waals surface area contributed by atoms with E-state index in [-0.39, 0.29) is 23.8 Å². The van der Waals surface area contributed by atoms with Crippen LogP contribution in [0, 0.1) is 0 Å². The first-order valence-electron chi connectivity index (χ1n) is 7.75. The first kappa shape index (κ1) is 14.1. The van der Waals surface area contributed by atoms with E-state index in [0.29, 0.717) is 0 Å². The van der Waals surface area contributed by atoms with Crippen molar-refractivity contribution in [2.45, 2.75) is 69.7 Å². The molecule has 20 heavy (non-hydrogen) atoms. The zero-order chi connectivity index (χ0) is 14.4. The van der Waals surface area contributed by atoms with Gasteiger partial charge in [0.05, 0.1) is 12.2 Å². The molecule has 5 heteroatoms. The standard InChI is InChI=1S/C15H26N2O3/c1-14(2,3)20-13(18)17-11-4-5-12(17)9-15(8-11)10-16-6-7-19-15/h11-12,16H,4-10H2,1-3H3. The van der Waals surface area contributed by atoms with Gasteiger partial charge in [0.15, 0.2) is 0 Å². The number of ether oxygens (including phenoxy) is 2. The topological polar surface area (TPSA) is 50.8 Å². The van der Waals surface area contributed by atoms with Crippen molar-refractivity contribution in [1.82, 2.24) is 10.2 Å². The Bertz CT molecular complexity index is 369. The maximum atomic E-state index is 12.4. The van der Waals surface area contributed by atoms with Crippen molar-refractivity contribution < 1.29 is 14.3 Å². The first-order chi connectivity index (χ1) is 9.39. The maximum Gasteiger partial charge on any atom is 0.410 e. The van der Waals surface area contributed by atoms with Crippen LogP contribution in [0.1, 0.15) is 46.5 Å². The minimum Gasteiger partial charge on any atom is -0.444 e. The lowest BCUT2D eigenvalue weighted by atomic mass is 9.85. The van der Waals surface area contributed by atoms with Crippen molar-refractivity contribution in [3.05, 3.63) is 0 Å². The van der Waals surface area contributed by atoms with Crippen LogP contribution in [-0.4, -0.2) is 54.0 Å². The monoisotopic (exact) mass is 282 g/mol. The van der Waals surface area contributed by atoms with Crippen LogP contribution < -0.4 is 5.32 Å². The Morgan fingerprint density at radius 1 is 1.30 bits per heavy atom. The molecular weight excluding hydrogens is 256 g/mol. The van der Waals surface area contributed by atoms with E-state index in [1.54, 1.807) is 0 Å². The van der Waals surface area contributed by atoms with Gasteiger partial charge in [-0.2, -0.15) is 0 Å². The summed E-state index contributed by atoms with van der Waals surface area (Å²) in [6.45, 7) is 8.41. The molecule has 0 saturated carbocycles. The van der Waals surface area contributed by atoms with Crippen molar-refractivity contribution in [3.63, 3.8) is 0 Å². The number of nitrogens with zero attached hydrogens (tertiary/aromatic N) is 1. The van der Waals surface area contributed by atoms with Crippen LogP contribution in [-0.2, 0) is 9.47 Å². The number of hydrogen-bond donors (Lipinski definition) is 1. The molecule has 5 nitrogen and oxygen atoms in total. The van der Waals surface area contributed by atoms with Crippen molar-refractivity contribution in [2.24, 2.45) is 0 Å². The van der Waals surface area contributed by atoms with Crippen molar-refractivity contribution in [3.8, 4) is 0 Å². The Morgan fingerprint density at radius 3 is 2.45 bits per heavy atom. The summed E-state index contributed by atoms with van der Waals surface area (Å²) in [5.74, 6) is 0. The SMILES string of the molecule is CC(C)(C)OC(=O)N1C2CCC1CC1(CNCCO1)C2. The lowest BCUT2D eigenvalue weighted by Crippen LogP contribution is -2.60. The molecule has 2 atom stereocenters. The molecule has 1 N–H and O–H groups in total. The number of hydrogen-bond acceptors (Lipinski definition) is 4. The highest BCUT2D eigenvalue weighted by Gasteiger charge is 2.52.